The molecule has 0 saturated heterocycles. The molecule has 0 aromatic rings. The minimum Gasteiger partial charge on any atom is -0.380 e. The van der Waals surface area contributed by atoms with Crippen LogP contribution in [0.4, 0.5) is 0 Å². The summed E-state index contributed by atoms with van der Waals surface area (Å²) >= 11 is 0. The molecule has 0 heterocycles. The van der Waals surface area contributed by atoms with Crippen LogP contribution < -0.4 is 5.73 Å². The molecule has 0 unspecified atom stereocenters. The first-order valence-electron chi connectivity index (χ1n) is 3.46. The molecular formula is C6H13BNO2. The largest absolute Gasteiger partial charge is 0.380 e. The SMILES string of the molecule is NCCOCCC[B]C=O. The van der Waals surface area contributed by atoms with Crippen molar-refractivity contribution in [1.29, 1.82) is 0 Å². The van der Waals surface area contributed by atoms with Gasteiger partial charge in [0.15, 0.2) is 7.28 Å². The summed E-state index contributed by atoms with van der Waals surface area (Å²) in [6.45, 7) is 1.88. The molecule has 0 atom stereocenters. The van der Waals surface area contributed by atoms with Crippen molar-refractivity contribution >= 4 is 13.5 Å². The molecule has 0 amide bonds. The van der Waals surface area contributed by atoms with Gasteiger partial charge < -0.3 is 15.3 Å². The molecule has 0 rings (SSSR count). The zero-order valence-corrected chi connectivity index (χ0v) is 6.08. The summed E-state index contributed by atoms with van der Waals surface area (Å²) in [5.41, 5.74) is 5.18. The van der Waals surface area contributed by atoms with Crippen LogP contribution in [0.15, 0.2) is 0 Å². The van der Waals surface area contributed by atoms with Gasteiger partial charge in [-0.3, -0.25) is 0 Å². The van der Waals surface area contributed by atoms with E-state index < -0.39 is 0 Å². The molecule has 57 valence electrons. The summed E-state index contributed by atoms with van der Waals surface area (Å²) in [6, 6.07) is 0. The Morgan fingerprint density at radius 1 is 1.50 bits per heavy atom. The summed E-state index contributed by atoms with van der Waals surface area (Å²) in [7, 11) is 1.59. The standard InChI is InChI=1S/C6H13BNO2/c8-3-5-10-4-1-2-7-6-9/h6H,1-5,8H2. The maximum absolute atomic E-state index is 9.78. The molecule has 0 aromatic carbocycles. The van der Waals surface area contributed by atoms with Crippen LogP contribution in [0.5, 0.6) is 0 Å². The fourth-order valence-corrected chi connectivity index (χ4v) is 0.557. The Kier molecular flexibility index (Phi) is 8.36. The molecule has 0 spiro atoms. The van der Waals surface area contributed by atoms with E-state index >= 15 is 0 Å². The highest BCUT2D eigenvalue weighted by Gasteiger charge is 1.88. The monoisotopic (exact) mass is 142 g/mol. The highest BCUT2D eigenvalue weighted by Crippen LogP contribution is 1.87. The zero-order chi connectivity index (χ0) is 7.66. The lowest BCUT2D eigenvalue weighted by molar-refractivity contribution is 0.142. The van der Waals surface area contributed by atoms with Gasteiger partial charge in [-0.25, -0.2) is 0 Å². The van der Waals surface area contributed by atoms with Crippen molar-refractivity contribution in [3.05, 3.63) is 0 Å². The molecule has 0 aliphatic heterocycles. The molecule has 0 saturated carbocycles. The highest BCUT2D eigenvalue weighted by molar-refractivity contribution is 6.66. The third-order valence-electron chi connectivity index (χ3n) is 1.02. The predicted octanol–water partition coefficient (Wildman–Crippen LogP) is -0.335. The average molecular weight is 142 g/mol. The van der Waals surface area contributed by atoms with Crippen molar-refractivity contribution in [2.45, 2.75) is 12.7 Å². The quantitative estimate of drug-likeness (QED) is 0.300. The van der Waals surface area contributed by atoms with E-state index in [0.717, 1.165) is 18.9 Å². The van der Waals surface area contributed by atoms with Crippen LogP contribution in [0, 0.1) is 0 Å². The molecule has 0 aromatic heterocycles. The molecular weight excluding hydrogens is 129 g/mol. The Hall–Kier alpha value is -0.345. The van der Waals surface area contributed by atoms with Crippen LogP contribution in [0.25, 0.3) is 0 Å². The van der Waals surface area contributed by atoms with Gasteiger partial charge in [0.1, 0.15) is 0 Å². The smallest absolute Gasteiger partial charge is 0.197 e. The van der Waals surface area contributed by atoms with E-state index in [-0.39, 0.29) is 0 Å². The Labute approximate surface area is 62.2 Å². The summed E-state index contributed by atoms with van der Waals surface area (Å²) in [4.78, 5) is 9.78. The average Bonchev–Trinajstić information content (AvgIpc) is 1.97. The summed E-state index contributed by atoms with van der Waals surface area (Å²) < 4.78 is 5.07. The van der Waals surface area contributed by atoms with Gasteiger partial charge in [-0.05, 0) is 6.42 Å². The van der Waals surface area contributed by atoms with Crippen molar-refractivity contribution in [2.24, 2.45) is 5.73 Å². The summed E-state index contributed by atoms with van der Waals surface area (Å²) in [5, 5.41) is 0. The van der Waals surface area contributed by atoms with E-state index in [4.69, 9.17) is 10.5 Å². The van der Waals surface area contributed by atoms with E-state index in [0.29, 0.717) is 19.8 Å². The third-order valence-corrected chi connectivity index (χ3v) is 1.02. The number of ether oxygens (including phenoxy) is 1. The van der Waals surface area contributed by atoms with E-state index in [2.05, 4.69) is 0 Å². The molecule has 0 fully saturated rings. The van der Waals surface area contributed by atoms with Crippen LogP contribution in [0.3, 0.4) is 0 Å². The fourth-order valence-electron chi connectivity index (χ4n) is 0.557. The Balaban J connectivity index is 2.70. The molecule has 0 aliphatic carbocycles. The van der Waals surface area contributed by atoms with E-state index in [1.54, 1.807) is 7.28 Å². The maximum atomic E-state index is 9.78. The molecule has 1 radical (unpaired) electrons. The van der Waals surface area contributed by atoms with Crippen LogP contribution in [0.1, 0.15) is 6.42 Å². The van der Waals surface area contributed by atoms with E-state index in [1.165, 1.54) is 0 Å². The van der Waals surface area contributed by atoms with E-state index in [9.17, 15) is 4.79 Å². The number of rotatable bonds is 7. The van der Waals surface area contributed by atoms with Crippen LogP contribution in [0.2, 0.25) is 6.32 Å². The lowest BCUT2D eigenvalue weighted by Crippen LogP contribution is -2.09. The number of carbonyl (C=O) groups excluding carboxylic acids is 1. The maximum Gasteiger partial charge on any atom is 0.197 e. The van der Waals surface area contributed by atoms with Crippen molar-refractivity contribution < 1.29 is 9.53 Å². The first-order valence-corrected chi connectivity index (χ1v) is 3.46. The van der Waals surface area contributed by atoms with Gasteiger partial charge in [-0.15, -0.1) is 0 Å². The molecule has 2 N–H and O–H groups in total. The van der Waals surface area contributed by atoms with Crippen molar-refractivity contribution in [2.75, 3.05) is 19.8 Å². The molecule has 4 heteroatoms. The lowest BCUT2D eigenvalue weighted by atomic mass is 9.76. The number of hydrogen-bond acceptors (Lipinski definition) is 3. The van der Waals surface area contributed by atoms with Gasteiger partial charge in [0.25, 0.3) is 0 Å². The highest BCUT2D eigenvalue weighted by atomic mass is 16.5. The van der Waals surface area contributed by atoms with Crippen molar-refractivity contribution in [1.82, 2.24) is 0 Å². The second-order valence-corrected chi connectivity index (χ2v) is 1.92. The Bertz CT molecular complexity index is 80.1. The van der Waals surface area contributed by atoms with Crippen molar-refractivity contribution in [3.63, 3.8) is 0 Å². The van der Waals surface area contributed by atoms with Crippen LogP contribution in [-0.2, 0) is 9.53 Å². The van der Waals surface area contributed by atoms with Crippen LogP contribution >= 0.6 is 0 Å². The molecule has 0 bridgehead atoms. The molecule has 3 nitrogen and oxygen atoms in total. The second-order valence-electron chi connectivity index (χ2n) is 1.92. The van der Waals surface area contributed by atoms with Gasteiger partial charge in [0.05, 0.1) is 12.8 Å². The zero-order valence-electron chi connectivity index (χ0n) is 6.08. The Morgan fingerprint density at radius 2 is 2.30 bits per heavy atom. The van der Waals surface area contributed by atoms with E-state index in [1.807, 2.05) is 0 Å². The second kappa shape index (κ2) is 8.65. The third kappa shape index (κ3) is 7.65. The first-order chi connectivity index (χ1) is 4.91. The van der Waals surface area contributed by atoms with Gasteiger partial charge in [-0.1, -0.05) is 6.32 Å². The van der Waals surface area contributed by atoms with Gasteiger partial charge in [0.2, 0.25) is 0 Å². The molecule has 10 heavy (non-hydrogen) atoms. The molecule has 0 aliphatic rings. The first kappa shape index (κ1) is 9.65. The Morgan fingerprint density at radius 3 is 2.90 bits per heavy atom. The van der Waals surface area contributed by atoms with Crippen molar-refractivity contribution in [3.8, 4) is 0 Å². The van der Waals surface area contributed by atoms with Gasteiger partial charge in [0, 0.05) is 13.2 Å². The minimum atomic E-state index is 0.567. The summed E-state index contributed by atoms with van der Waals surface area (Å²) in [6.07, 6.45) is 2.51. The van der Waals surface area contributed by atoms with Crippen LogP contribution in [-0.4, -0.2) is 33.2 Å². The van der Waals surface area contributed by atoms with Gasteiger partial charge >= 0.3 is 0 Å². The number of carbonyl (C=O) groups is 1. The minimum absolute atomic E-state index is 0.567. The normalized spacial score (nSPS) is 9.30. The lowest BCUT2D eigenvalue weighted by Gasteiger charge is -1.98. The van der Waals surface area contributed by atoms with Gasteiger partial charge in [-0.2, -0.15) is 0 Å². The fraction of sp³-hybridized carbons (Fsp3) is 0.833. The topological polar surface area (TPSA) is 52.3 Å². The number of hydrogen-bond donors (Lipinski definition) is 1. The summed E-state index contributed by atoms with van der Waals surface area (Å²) in [5.74, 6) is 0. The predicted molar refractivity (Wildman–Crippen MR) is 41.8 cm³/mol. The number of nitrogens with two attached hydrogens (primary N) is 1.